The lowest BCUT2D eigenvalue weighted by Gasteiger charge is -2.08. The van der Waals surface area contributed by atoms with Crippen LogP contribution in [0.4, 0.5) is 5.69 Å². The Morgan fingerprint density at radius 2 is 1.77 bits per heavy atom. The van der Waals surface area contributed by atoms with Gasteiger partial charge in [0.15, 0.2) is 6.61 Å². The highest BCUT2D eigenvalue weighted by Crippen LogP contribution is 2.09. The first-order valence-electron chi connectivity index (χ1n) is 7.20. The monoisotopic (exact) mass is 306 g/mol. The fraction of sp³-hybridized carbons (Fsp3) is 0.438. The van der Waals surface area contributed by atoms with Crippen LogP contribution in [0.25, 0.3) is 0 Å². The van der Waals surface area contributed by atoms with Gasteiger partial charge in [-0.05, 0) is 36.6 Å². The molecule has 6 nitrogen and oxygen atoms in total. The summed E-state index contributed by atoms with van der Waals surface area (Å²) in [5.74, 6) is -0.568. The second-order valence-electron chi connectivity index (χ2n) is 5.30. The number of benzene rings is 1. The first kappa shape index (κ1) is 17.7. The Morgan fingerprint density at radius 3 is 2.32 bits per heavy atom. The van der Waals surface area contributed by atoms with E-state index in [1.54, 1.807) is 31.3 Å². The molecule has 0 atom stereocenters. The Kier molecular flexibility index (Phi) is 7.08. The van der Waals surface area contributed by atoms with Crippen LogP contribution in [0.3, 0.4) is 0 Å². The molecule has 0 heterocycles. The predicted molar refractivity (Wildman–Crippen MR) is 83.5 cm³/mol. The minimum Gasteiger partial charge on any atom is -0.456 e. The molecule has 0 aliphatic carbocycles. The zero-order valence-corrected chi connectivity index (χ0v) is 13.1. The molecule has 120 valence electrons. The number of esters is 1. The van der Waals surface area contributed by atoms with Crippen LogP contribution in [-0.4, -0.2) is 31.4 Å². The van der Waals surface area contributed by atoms with Crippen molar-refractivity contribution in [3.63, 3.8) is 0 Å². The smallest absolute Gasteiger partial charge is 0.306 e. The maximum atomic E-state index is 11.7. The van der Waals surface area contributed by atoms with Crippen LogP contribution in [0, 0.1) is 5.92 Å². The van der Waals surface area contributed by atoms with Crippen molar-refractivity contribution in [1.82, 2.24) is 5.32 Å². The van der Waals surface area contributed by atoms with E-state index < -0.39 is 5.91 Å². The van der Waals surface area contributed by atoms with E-state index in [1.165, 1.54) is 0 Å². The van der Waals surface area contributed by atoms with Crippen molar-refractivity contribution in [2.45, 2.75) is 26.7 Å². The molecule has 0 saturated heterocycles. The number of ether oxygens (including phenoxy) is 1. The second kappa shape index (κ2) is 8.81. The summed E-state index contributed by atoms with van der Waals surface area (Å²) in [6, 6.07) is 6.43. The van der Waals surface area contributed by atoms with Crippen LogP contribution >= 0.6 is 0 Å². The summed E-state index contributed by atoms with van der Waals surface area (Å²) in [7, 11) is 1.55. The van der Waals surface area contributed by atoms with Gasteiger partial charge in [0.2, 0.25) is 0 Å². The zero-order chi connectivity index (χ0) is 16.5. The number of rotatable bonds is 7. The van der Waals surface area contributed by atoms with Gasteiger partial charge in [-0.3, -0.25) is 14.4 Å². The topological polar surface area (TPSA) is 84.5 Å². The molecule has 1 aromatic rings. The van der Waals surface area contributed by atoms with Crippen LogP contribution in [0.5, 0.6) is 0 Å². The van der Waals surface area contributed by atoms with Crippen molar-refractivity contribution in [1.29, 1.82) is 0 Å². The minimum absolute atomic E-state index is 0.197. The van der Waals surface area contributed by atoms with Crippen molar-refractivity contribution in [3.8, 4) is 0 Å². The number of hydrogen-bond acceptors (Lipinski definition) is 4. The van der Waals surface area contributed by atoms with Crippen molar-refractivity contribution in [2.24, 2.45) is 5.92 Å². The molecule has 0 unspecified atom stereocenters. The van der Waals surface area contributed by atoms with Crippen LogP contribution < -0.4 is 10.6 Å². The third-order valence-corrected chi connectivity index (χ3v) is 2.95. The van der Waals surface area contributed by atoms with Crippen LogP contribution in [0.2, 0.25) is 0 Å². The van der Waals surface area contributed by atoms with Crippen LogP contribution in [-0.2, 0) is 14.3 Å². The SMILES string of the molecule is CNC(=O)c1ccc(NC(=O)COC(=O)CCC(C)C)cc1. The van der Waals surface area contributed by atoms with Gasteiger partial charge >= 0.3 is 5.97 Å². The molecule has 0 bridgehead atoms. The highest BCUT2D eigenvalue weighted by Gasteiger charge is 2.09. The van der Waals surface area contributed by atoms with Gasteiger partial charge in [0.1, 0.15) is 0 Å². The predicted octanol–water partition coefficient (Wildman–Crippen LogP) is 1.96. The molecule has 0 aliphatic heterocycles. The lowest BCUT2D eigenvalue weighted by Crippen LogP contribution is -2.21. The largest absolute Gasteiger partial charge is 0.456 e. The lowest BCUT2D eigenvalue weighted by atomic mass is 10.1. The minimum atomic E-state index is -0.411. The Morgan fingerprint density at radius 1 is 1.14 bits per heavy atom. The van der Waals surface area contributed by atoms with Gasteiger partial charge in [-0.2, -0.15) is 0 Å². The molecular weight excluding hydrogens is 284 g/mol. The Bertz CT molecular complexity index is 523. The molecule has 22 heavy (non-hydrogen) atoms. The second-order valence-corrected chi connectivity index (χ2v) is 5.30. The van der Waals surface area contributed by atoms with Crippen LogP contribution in [0.1, 0.15) is 37.0 Å². The zero-order valence-electron chi connectivity index (χ0n) is 13.1. The number of carbonyl (C=O) groups excluding carboxylic acids is 3. The van der Waals surface area contributed by atoms with Crippen molar-refractivity contribution < 1.29 is 19.1 Å². The summed E-state index contributed by atoms with van der Waals surface area (Å²) in [6.07, 6.45) is 1.05. The number of amides is 2. The van der Waals surface area contributed by atoms with Gasteiger partial charge in [-0.1, -0.05) is 13.8 Å². The third-order valence-electron chi connectivity index (χ3n) is 2.95. The Hall–Kier alpha value is -2.37. The van der Waals surface area contributed by atoms with E-state index in [4.69, 9.17) is 4.74 Å². The maximum Gasteiger partial charge on any atom is 0.306 e. The highest BCUT2D eigenvalue weighted by atomic mass is 16.5. The van der Waals surface area contributed by atoms with E-state index in [9.17, 15) is 14.4 Å². The van der Waals surface area contributed by atoms with Crippen molar-refractivity contribution >= 4 is 23.5 Å². The van der Waals surface area contributed by atoms with E-state index in [1.807, 2.05) is 13.8 Å². The lowest BCUT2D eigenvalue weighted by molar-refractivity contribution is -0.147. The average molecular weight is 306 g/mol. The molecule has 0 spiro atoms. The quantitative estimate of drug-likeness (QED) is 0.754. The molecule has 0 radical (unpaired) electrons. The molecule has 0 aromatic heterocycles. The molecule has 0 fully saturated rings. The first-order valence-corrected chi connectivity index (χ1v) is 7.20. The standard InChI is InChI=1S/C16H22N2O4/c1-11(2)4-9-15(20)22-10-14(19)18-13-7-5-12(6-8-13)16(21)17-3/h5-8,11H,4,9-10H2,1-3H3,(H,17,21)(H,18,19). The summed E-state index contributed by atoms with van der Waals surface area (Å²) in [5, 5.41) is 5.11. The Labute approximate surface area is 130 Å². The molecular formula is C16H22N2O4. The van der Waals surface area contributed by atoms with Gasteiger partial charge in [0.25, 0.3) is 11.8 Å². The summed E-state index contributed by atoms with van der Waals surface area (Å²) in [4.78, 5) is 34.5. The van der Waals surface area contributed by atoms with Gasteiger partial charge in [0, 0.05) is 24.7 Å². The molecule has 1 rings (SSSR count). The molecule has 0 aliphatic rings. The van der Waals surface area contributed by atoms with E-state index in [0.29, 0.717) is 23.6 Å². The number of hydrogen-bond donors (Lipinski definition) is 2. The molecule has 2 amide bonds. The van der Waals surface area contributed by atoms with E-state index in [0.717, 1.165) is 6.42 Å². The van der Waals surface area contributed by atoms with Gasteiger partial charge in [-0.25, -0.2) is 0 Å². The number of anilines is 1. The maximum absolute atomic E-state index is 11.7. The summed E-state index contributed by atoms with van der Waals surface area (Å²) in [5.41, 5.74) is 1.04. The van der Waals surface area contributed by atoms with Crippen molar-refractivity contribution in [2.75, 3.05) is 19.0 Å². The fourth-order valence-electron chi connectivity index (χ4n) is 1.67. The summed E-state index contributed by atoms with van der Waals surface area (Å²) >= 11 is 0. The molecule has 1 aromatic carbocycles. The molecule has 6 heteroatoms. The number of carbonyl (C=O) groups is 3. The normalized spacial score (nSPS) is 10.2. The van der Waals surface area contributed by atoms with Gasteiger partial charge < -0.3 is 15.4 Å². The number of nitrogens with one attached hydrogen (secondary N) is 2. The van der Waals surface area contributed by atoms with E-state index in [2.05, 4.69) is 10.6 Å². The van der Waals surface area contributed by atoms with Crippen molar-refractivity contribution in [3.05, 3.63) is 29.8 Å². The first-order chi connectivity index (χ1) is 10.4. The van der Waals surface area contributed by atoms with Gasteiger partial charge in [0.05, 0.1) is 0 Å². The fourth-order valence-corrected chi connectivity index (χ4v) is 1.67. The molecule has 2 N–H and O–H groups in total. The van der Waals surface area contributed by atoms with E-state index >= 15 is 0 Å². The average Bonchev–Trinajstić information content (AvgIpc) is 2.50. The Balaban J connectivity index is 2.39. The summed E-state index contributed by atoms with van der Waals surface area (Å²) in [6.45, 7) is 3.72. The third kappa shape index (κ3) is 6.39. The van der Waals surface area contributed by atoms with E-state index in [-0.39, 0.29) is 18.5 Å². The van der Waals surface area contributed by atoms with Crippen LogP contribution in [0.15, 0.2) is 24.3 Å². The molecule has 0 saturated carbocycles. The van der Waals surface area contributed by atoms with Gasteiger partial charge in [-0.15, -0.1) is 0 Å². The summed E-state index contributed by atoms with van der Waals surface area (Å²) < 4.78 is 4.89. The highest BCUT2D eigenvalue weighted by molar-refractivity contribution is 5.96.